The van der Waals surface area contributed by atoms with Gasteiger partial charge in [-0.25, -0.2) is 18.7 Å². The smallest absolute Gasteiger partial charge is 0.257 e. The lowest BCUT2D eigenvalue weighted by atomic mass is 9.96. The molecule has 0 atom stereocenters. The number of nitrogens with one attached hydrogen (secondary N) is 2. The van der Waals surface area contributed by atoms with E-state index in [1.807, 2.05) is 6.92 Å². The lowest BCUT2D eigenvalue weighted by Gasteiger charge is -2.19. The normalized spacial score (nSPS) is 13.2. The van der Waals surface area contributed by atoms with Crippen molar-refractivity contribution in [3.8, 4) is 0 Å². The van der Waals surface area contributed by atoms with Crippen LogP contribution >= 0.6 is 0 Å². The number of amides is 1. The standard InChI is InChI=1S/C18H20F2N4O/c1-11-23-15-8-3-2-5-12(15)17(24-11)21-9-10-22-18(25)16-13(19)6-4-7-14(16)20/h4,6-7H,2-3,5,8-10H2,1H3,(H,22,25)(H,21,23,24). The number of fused-ring (bicyclic) bond motifs is 1. The summed E-state index contributed by atoms with van der Waals surface area (Å²) in [4.78, 5) is 20.9. The van der Waals surface area contributed by atoms with Gasteiger partial charge in [0.05, 0.1) is 0 Å². The minimum absolute atomic E-state index is 0.227. The van der Waals surface area contributed by atoms with Crippen LogP contribution in [0, 0.1) is 18.6 Å². The maximum atomic E-state index is 13.6. The van der Waals surface area contributed by atoms with E-state index in [4.69, 9.17) is 0 Å². The second kappa shape index (κ2) is 7.55. The summed E-state index contributed by atoms with van der Waals surface area (Å²) in [5, 5.41) is 5.72. The maximum absolute atomic E-state index is 13.6. The number of anilines is 1. The van der Waals surface area contributed by atoms with Crippen LogP contribution < -0.4 is 10.6 Å². The Hall–Kier alpha value is -2.57. The van der Waals surface area contributed by atoms with Gasteiger partial charge in [-0.2, -0.15) is 0 Å². The molecule has 1 heterocycles. The third-order valence-corrected chi connectivity index (χ3v) is 4.19. The number of carbonyl (C=O) groups is 1. The quantitative estimate of drug-likeness (QED) is 0.817. The zero-order valence-corrected chi connectivity index (χ0v) is 14.0. The molecule has 132 valence electrons. The highest BCUT2D eigenvalue weighted by atomic mass is 19.1. The highest BCUT2D eigenvalue weighted by molar-refractivity contribution is 5.94. The lowest BCUT2D eigenvalue weighted by Crippen LogP contribution is -2.30. The van der Waals surface area contributed by atoms with Crippen molar-refractivity contribution in [2.24, 2.45) is 0 Å². The van der Waals surface area contributed by atoms with Crippen LogP contribution in [0.25, 0.3) is 0 Å². The predicted molar refractivity (Wildman–Crippen MR) is 90.6 cm³/mol. The largest absolute Gasteiger partial charge is 0.368 e. The van der Waals surface area contributed by atoms with Gasteiger partial charge >= 0.3 is 0 Å². The Labute approximate surface area is 144 Å². The van der Waals surface area contributed by atoms with Crippen molar-refractivity contribution in [3.05, 3.63) is 52.5 Å². The van der Waals surface area contributed by atoms with Gasteiger partial charge in [-0.05, 0) is 44.7 Å². The van der Waals surface area contributed by atoms with Crippen LogP contribution in [0.5, 0.6) is 0 Å². The molecule has 2 aromatic rings. The molecular formula is C18H20F2N4O. The highest BCUT2D eigenvalue weighted by Gasteiger charge is 2.18. The Kier molecular flexibility index (Phi) is 5.21. The highest BCUT2D eigenvalue weighted by Crippen LogP contribution is 2.25. The molecule has 1 aromatic heterocycles. The van der Waals surface area contributed by atoms with Crippen LogP contribution in [0.4, 0.5) is 14.6 Å². The summed E-state index contributed by atoms with van der Waals surface area (Å²) in [6.07, 6.45) is 4.13. The first-order valence-electron chi connectivity index (χ1n) is 8.38. The Bertz CT molecular complexity index is 775. The molecule has 5 nitrogen and oxygen atoms in total. The Morgan fingerprint density at radius 3 is 2.60 bits per heavy atom. The zero-order chi connectivity index (χ0) is 17.8. The van der Waals surface area contributed by atoms with Crippen LogP contribution in [-0.2, 0) is 12.8 Å². The number of aryl methyl sites for hydroxylation is 2. The summed E-state index contributed by atoms with van der Waals surface area (Å²) in [5.74, 6) is -1.01. The molecule has 1 aliphatic rings. The second-order valence-electron chi connectivity index (χ2n) is 6.03. The molecule has 1 aromatic carbocycles. The number of halogens is 2. The van der Waals surface area contributed by atoms with Gasteiger partial charge in [-0.15, -0.1) is 0 Å². The van der Waals surface area contributed by atoms with E-state index in [2.05, 4.69) is 20.6 Å². The first-order chi connectivity index (χ1) is 12.1. The number of benzene rings is 1. The van der Waals surface area contributed by atoms with E-state index < -0.39 is 23.1 Å². The molecule has 0 radical (unpaired) electrons. The lowest BCUT2D eigenvalue weighted by molar-refractivity contribution is 0.0946. The molecule has 1 amide bonds. The topological polar surface area (TPSA) is 66.9 Å². The summed E-state index contributed by atoms with van der Waals surface area (Å²) in [5.41, 5.74) is 1.65. The Morgan fingerprint density at radius 2 is 1.84 bits per heavy atom. The molecular weight excluding hydrogens is 326 g/mol. The summed E-state index contributed by atoms with van der Waals surface area (Å²) in [6, 6.07) is 3.35. The summed E-state index contributed by atoms with van der Waals surface area (Å²) >= 11 is 0. The molecule has 2 N–H and O–H groups in total. The average molecular weight is 346 g/mol. The van der Waals surface area contributed by atoms with Gasteiger partial charge in [0.25, 0.3) is 5.91 Å². The van der Waals surface area contributed by atoms with Gasteiger partial charge in [0.2, 0.25) is 0 Å². The maximum Gasteiger partial charge on any atom is 0.257 e. The number of carbonyl (C=O) groups excluding carboxylic acids is 1. The van der Waals surface area contributed by atoms with Crippen molar-refractivity contribution in [1.82, 2.24) is 15.3 Å². The van der Waals surface area contributed by atoms with Crippen LogP contribution in [-0.4, -0.2) is 29.0 Å². The van der Waals surface area contributed by atoms with E-state index in [-0.39, 0.29) is 6.54 Å². The molecule has 7 heteroatoms. The van der Waals surface area contributed by atoms with E-state index in [9.17, 15) is 13.6 Å². The van der Waals surface area contributed by atoms with E-state index in [1.54, 1.807) is 0 Å². The van der Waals surface area contributed by atoms with Gasteiger partial charge < -0.3 is 10.6 Å². The number of nitrogens with zero attached hydrogens (tertiary/aromatic N) is 2. The minimum atomic E-state index is -0.869. The average Bonchev–Trinajstić information content (AvgIpc) is 2.58. The van der Waals surface area contributed by atoms with Gasteiger partial charge in [-0.1, -0.05) is 6.07 Å². The second-order valence-corrected chi connectivity index (χ2v) is 6.03. The number of aromatic nitrogens is 2. The van der Waals surface area contributed by atoms with Crippen molar-refractivity contribution >= 4 is 11.7 Å². The Balaban J connectivity index is 1.59. The molecule has 3 rings (SSSR count). The number of hydrogen-bond donors (Lipinski definition) is 2. The summed E-state index contributed by atoms with van der Waals surface area (Å²) < 4.78 is 27.1. The molecule has 0 unspecified atom stereocenters. The van der Waals surface area contributed by atoms with E-state index in [0.29, 0.717) is 12.4 Å². The number of rotatable bonds is 5. The summed E-state index contributed by atoms with van der Waals surface area (Å²) in [7, 11) is 0. The molecule has 0 saturated carbocycles. The van der Waals surface area contributed by atoms with Crippen LogP contribution in [0.15, 0.2) is 18.2 Å². The number of hydrogen-bond acceptors (Lipinski definition) is 4. The van der Waals surface area contributed by atoms with E-state index in [0.717, 1.165) is 54.9 Å². The fourth-order valence-electron chi connectivity index (χ4n) is 3.02. The van der Waals surface area contributed by atoms with Gasteiger partial charge in [0.1, 0.15) is 28.8 Å². The van der Waals surface area contributed by atoms with Crippen molar-refractivity contribution in [1.29, 1.82) is 0 Å². The first-order valence-corrected chi connectivity index (χ1v) is 8.38. The molecule has 25 heavy (non-hydrogen) atoms. The van der Waals surface area contributed by atoms with Crippen LogP contribution in [0.1, 0.15) is 40.3 Å². The fourth-order valence-corrected chi connectivity index (χ4v) is 3.02. The molecule has 0 spiro atoms. The van der Waals surface area contributed by atoms with Crippen LogP contribution in [0.2, 0.25) is 0 Å². The van der Waals surface area contributed by atoms with Gasteiger partial charge in [0.15, 0.2) is 0 Å². The van der Waals surface area contributed by atoms with Gasteiger partial charge in [-0.3, -0.25) is 4.79 Å². The van der Waals surface area contributed by atoms with Gasteiger partial charge in [0, 0.05) is 24.3 Å². The fraction of sp³-hybridized carbons (Fsp3) is 0.389. The summed E-state index contributed by atoms with van der Waals surface area (Å²) in [6.45, 7) is 2.48. The molecule has 0 saturated heterocycles. The third-order valence-electron chi connectivity index (χ3n) is 4.19. The van der Waals surface area contributed by atoms with Crippen LogP contribution in [0.3, 0.4) is 0 Å². The minimum Gasteiger partial charge on any atom is -0.368 e. The molecule has 1 aliphatic carbocycles. The monoisotopic (exact) mass is 346 g/mol. The van der Waals surface area contributed by atoms with Crippen molar-refractivity contribution in [2.45, 2.75) is 32.6 Å². The van der Waals surface area contributed by atoms with Crippen molar-refractivity contribution in [2.75, 3.05) is 18.4 Å². The Morgan fingerprint density at radius 1 is 1.12 bits per heavy atom. The molecule has 0 bridgehead atoms. The SMILES string of the molecule is Cc1nc2c(c(NCCNC(=O)c3c(F)cccc3F)n1)CCCC2. The van der Waals surface area contributed by atoms with Crippen molar-refractivity contribution < 1.29 is 13.6 Å². The molecule has 0 aliphatic heterocycles. The first kappa shape index (κ1) is 17.3. The zero-order valence-electron chi connectivity index (χ0n) is 14.0. The molecule has 0 fully saturated rings. The van der Waals surface area contributed by atoms with Crippen molar-refractivity contribution in [3.63, 3.8) is 0 Å². The van der Waals surface area contributed by atoms with E-state index in [1.165, 1.54) is 6.07 Å². The predicted octanol–water partition coefficient (Wildman–Crippen LogP) is 2.78. The third kappa shape index (κ3) is 3.92. The van der Waals surface area contributed by atoms with E-state index >= 15 is 0 Å².